The third kappa shape index (κ3) is 7.43. The molecule has 1 atom stereocenters. The fraction of sp³-hybridized carbons (Fsp3) is 0.850. The van der Waals surface area contributed by atoms with Crippen LogP contribution in [0.5, 0.6) is 0 Å². The zero-order valence-corrected chi connectivity index (χ0v) is 16.9. The number of thioether (sulfide) groups is 2. The molecule has 0 amide bonds. The van der Waals surface area contributed by atoms with Crippen LogP contribution in [0.15, 0.2) is 10.5 Å². The number of ether oxygens (including phenoxy) is 1. The molecule has 1 heterocycles. The number of hydrogen-bond acceptors (Lipinski definition) is 4. The smallest absolute Gasteiger partial charge is 0.319 e. The molecule has 1 unspecified atom stereocenters. The summed E-state index contributed by atoms with van der Waals surface area (Å²) in [5.74, 6) is 2.30. The predicted octanol–water partition coefficient (Wildman–Crippen LogP) is 6.35. The monoisotopic (exact) mass is 370 g/mol. The lowest BCUT2D eigenvalue weighted by Crippen LogP contribution is -2.21. The number of rotatable bonds is 2. The topological polar surface area (TPSA) is 26.3 Å². The van der Waals surface area contributed by atoms with Crippen molar-refractivity contribution >= 4 is 29.5 Å². The highest BCUT2D eigenvalue weighted by Crippen LogP contribution is 2.36. The van der Waals surface area contributed by atoms with Gasteiger partial charge in [-0.15, -0.1) is 23.5 Å². The molecule has 0 N–H and O–H groups in total. The Morgan fingerprint density at radius 2 is 1.62 bits per heavy atom. The van der Waals surface area contributed by atoms with Crippen LogP contribution in [0.3, 0.4) is 0 Å². The van der Waals surface area contributed by atoms with Crippen LogP contribution < -0.4 is 0 Å². The summed E-state index contributed by atoms with van der Waals surface area (Å²) < 4.78 is 5.35. The highest BCUT2D eigenvalue weighted by atomic mass is 32.2. The van der Waals surface area contributed by atoms with E-state index in [9.17, 15) is 4.79 Å². The van der Waals surface area contributed by atoms with Gasteiger partial charge in [-0.05, 0) is 61.9 Å². The first-order chi connectivity index (χ1) is 11.8. The minimum atomic E-state index is 0.00682. The molecule has 138 valence electrons. The Labute approximate surface area is 156 Å². The second kappa shape index (κ2) is 12.3. The van der Waals surface area contributed by atoms with Crippen LogP contribution in [0, 0.1) is 0 Å². The van der Waals surface area contributed by atoms with Crippen LogP contribution in [0.2, 0.25) is 0 Å². The first-order valence-electron chi connectivity index (χ1n) is 9.93. The molecule has 1 aliphatic heterocycles. The number of carbonyl (C=O) groups excluding carboxylic acids is 1. The van der Waals surface area contributed by atoms with Crippen molar-refractivity contribution in [2.45, 2.75) is 89.2 Å². The van der Waals surface area contributed by atoms with Crippen LogP contribution in [0.1, 0.15) is 84.0 Å². The normalized spacial score (nSPS) is 25.3. The second-order valence-electron chi connectivity index (χ2n) is 6.87. The molecule has 0 aromatic carbocycles. The lowest BCUT2D eigenvalue weighted by molar-refractivity contribution is -0.142. The van der Waals surface area contributed by atoms with Gasteiger partial charge in [-0.1, -0.05) is 44.1 Å². The molecule has 0 aromatic heterocycles. The maximum Gasteiger partial charge on any atom is 0.319 e. The van der Waals surface area contributed by atoms with Crippen molar-refractivity contribution in [3.05, 3.63) is 10.5 Å². The quantitative estimate of drug-likeness (QED) is 0.529. The van der Waals surface area contributed by atoms with Gasteiger partial charge in [0.2, 0.25) is 0 Å². The lowest BCUT2D eigenvalue weighted by Gasteiger charge is -2.19. The van der Waals surface area contributed by atoms with Gasteiger partial charge in [-0.25, -0.2) is 0 Å². The summed E-state index contributed by atoms with van der Waals surface area (Å²) in [6, 6.07) is 0. The van der Waals surface area contributed by atoms with Crippen LogP contribution in [0.4, 0.5) is 0 Å². The van der Waals surface area contributed by atoms with E-state index >= 15 is 0 Å². The van der Waals surface area contributed by atoms with Crippen molar-refractivity contribution in [2.75, 3.05) is 18.1 Å². The van der Waals surface area contributed by atoms with E-state index in [1.807, 2.05) is 18.7 Å². The Balaban J connectivity index is 2.11. The molecule has 24 heavy (non-hydrogen) atoms. The minimum absolute atomic E-state index is 0.00682. The molecule has 0 saturated carbocycles. The predicted molar refractivity (Wildman–Crippen MR) is 108 cm³/mol. The number of esters is 1. The summed E-state index contributed by atoms with van der Waals surface area (Å²) in [6.07, 6.45) is 15.5. The number of carbonyl (C=O) groups is 1. The van der Waals surface area contributed by atoms with Crippen molar-refractivity contribution in [1.82, 2.24) is 0 Å². The van der Waals surface area contributed by atoms with E-state index in [0.29, 0.717) is 6.61 Å². The summed E-state index contributed by atoms with van der Waals surface area (Å²) >= 11 is 3.91. The van der Waals surface area contributed by atoms with Gasteiger partial charge in [0.15, 0.2) is 0 Å². The summed E-state index contributed by atoms with van der Waals surface area (Å²) in [4.78, 5) is 14.0. The van der Waals surface area contributed by atoms with Crippen molar-refractivity contribution in [2.24, 2.45) is 0 Å². The van der Waals surface area contributed by atoms with Crippen molar-refractivity contribution in [3.8, 4) is 0 Å². The molecular weight excluding hydrogens is 336 g/mol. The molecule has 0 spiro atoms. The zero-order chi connectivity index (χ0) is 17.0. The Hall–Kier alpha value is -0.0900. The Morgan fingerprint density at radius 3 is 2.33 bits per heavy atom. The van der Waals surface area contributed by atoms with Crippen LogP contribution >= 0.6 is 23.5 Å². The molecule has 0 radical (unpaired) electrons. The fourth-order valence-corrected chi connectivity index (χ4v) is 6.05. The maximum absolute atomic E-state index is 12.4. The second-order valence-corrected chi connectivity index (χ2v) is 9.37. The maximum atomic E-state index is 12.4. The highest BCUT2D eigenvalue weighted by Gasteiger charge is 2.24. The van der Waals surface area contributed by atoms with Gasteiger partial charge in [0.25, 0.3) is 0 Å². The number of allylic oxidation sites excluding steroid dienone is 2. The van der Waals surface area contributed by atoms with Gasteiger partial charge < -0.3 is 4.74 Å². The van der Waals surface area contributed by atoms with Crippen molar-refractivity contribution in [3.63, 3.8) is 0 Å². The summed E-state index contributed by atoms with van der Waals surface area (Å²) in [7, 11) is 0. The molecule has 2 nitrogen and oxygen atoms in total. The summed E-state index contributed by atoms with van der Waals surface area (Å²) in [5.41, 5.74) is 1.58. The Kier molecular flexibility index (Phi) is 10.4. The van der Waals surface area contributed by atoms with Gasteiger partial charge in [0.1, 0.15) is 5.25 Å². The van der Waals surface area contributed by atoms with E-state index in [2.05, 4.69) is 11.8 Å². The molecule has 2 rings (SSSR count). The summed E-state index contributed by atoms with van der Waals surface area (Å²) in [6.45, 7) is 2.41. The third-order valence-corrected chi connectivity index (χ3v) is 7.51. The average Bonchev–Trinajstić information content (AvgIpc) is 2.66. The average molecular weight is 371 g/mol. The van der Waals surface area contributed by atoms with Gasteiger partial charge in [-0.2, -0.15) is 0 Å². The highest BCUT2D eigenvalue weighted by molar-refractivity contribution is 8.03. The van der Waals surface area contributed by atoms with Crippen molar-refractivity contribution in [1.29, 1.82) is 0 Å². The van der Waals surface area contributed by atoms with E-state index in [4.69, 9.17) is 4.74 Å². The first-order valence-corrected chi connectivity index (χ1v) is 12.0. The van der Waals surface area contributed by atoms with Crippen molar-refractivity contribution < 1.29 is 9.53 Å². The fourth-order valence-electron chi connectivity index (χ4n) is 3.54. The molecule has 0 saturated heterocycles. The molecule has 4 heteroatoms. The van der Waals surface area contributed by atoms with Gasteiger partial charge in [0, 0.05) is 0 Å². The number of hydrogen-bond donors (Lipinski definition) is 0. The molecule has 0 aromatic rings. The molecule has 2 aliphatic rings. The van der Waals surface area contributed by atoms with E-state index in [-0.39, 0.29) is 11.2 Å². The standard InChI is InChI=1S/C20H34O2S2/c1-2-22-20(21)19-16-17-12-9-7-5-3-4-6-8-10-13-18(17)23-14-11-15-24-19/h19H,2-16H2,1H3. The molecule has 0 fully saturated rings. The zero-order valence-electron chi connectivity index (χ0n) is 15.3. The molecular formula is C20H34O2S2. The largest absolute Gasteiger partial charge is 0.465 e. The lowest BCUT2D eigenvalue weighted by atomic mass is 9.97. The minimum Gasteiger partial charge on any atom is -0.465 e. The SMILES string of the molecule is CCOC(=O)C1CC2=C(CCCCCCCCCC2)SCCCS1. The van der Waals surface area contributed by atoms with E-state index in [0.717, 1.165) is 12.2 Å². The molecule has 0 bridgehead atoms. The van der Waals surface area contributed by atoms with E-state index in [1.165, 1.54) is 76.4 Å². The Morgan fingerprint density at radius 1 is 0.958 bits per heavy atom. The molecule has 1 aliphatic carbocycles. The van der Waals surface area contributed by atoms with Crippen LogP contribution in [0.25, 0.3) is 0 Å². The van der Waals surface area contributed by atoms with Crippen LogP contribution in [-0.4, -0.2) is 29.3 Å². The third-order valence-electron chi connectivity index (χ3n) is 4.89. The van der Waals surface area contributed by atoms with Gasteiger partial charge in [0.05, 0.1) is 6.61 Å². The van der Waals surface area contributed by atoms with E-state index in [1.54, 1.807) is 10.5 Å². The van der Waals surface area contributed by atoms with Crippen LogP contribution in [-0.2, 0) is 9.53 Å². The van der Waals surface area contributed by atoms with Gasteiger partial charge >= 0.3 is 5.97 Å². The first kappa shape index (κ1) is 20.2. The summed E-state index contributed by atoms with van der Waals surface area (Å²) in [5, 5.41) is 0.0153. The van der Waals surface area contributed by atoms with E-state index < -0.39 is 0 Å². The van der Waals surface area contributed by atoms with Gasteiger partial charge in [-0.3, -0.25) is 4.79 Å². The Bertz CT molecular complexity index is 406.